The summed E-state index contributed by atoms with van der Waals surface area (Å²) in [5.41, 5.74) is 6.34. The van der Waals surface area contributed by atoms with E-state index in [2.05, 4.69) is 0 Å². The molecule has 1 aliphatic rings. The van der Waals surface area contributed by atoms with E-state index in [0.29, 0.717) is 29.4 Å². The molecular formula is C16H15ClN2O2S. The van der Waals surface area contributed by atoms with Gasteiger partial charge in [-0.15, -0.1) is 11.3 Å². The highest BCUT2D eigenvalue weighted by molar-refractivity contribution is 7.17. The lowest BCUT2D eigenvalue weighted by molar-refractivity contribution is -0.121. The molecule has 0 spiro atoms. The highest BCUT2D eigenvalue weighted by Crippen LogP contribution is 2.30. The van der Waals surface area contributed by atoms with Crippen LogP contribution in [0.1, 0.15) is 16.1 Å². The van der Waals surface area contributed by atoms with Gasteiger partial charge in [-0.25, -0.2) is 0 Å². The molecular weight excluding hydrogens is 320 g/mol. The van der Waals surface area contributed by atoms with E-state index in [4.69, 9.17) is 17.3 Å². The molecule has 1 aromatic carbocycles. The van der Waals surface area contributed by atoms with E-state index in [1.807, 2.05) is 36.4 Å². The van der Waals surface area contributed by atoms with Gasteiger partial charge in [-0.1, -0.05) is 23.7 Å². The summed E-state index contributed by atoms with van der Waals surface area (Å²) in [6.07, 6.45) is 0.649. The molecule has 1 aliphatic heterocycles. The van der Waals surface area contributed by atoms with Crippen LogP contribution in [0.15, 0.2) is 36.4 Å². The van der Waals surface area contributed by atoms with Crippen LogP contribution in [0.2, 0.25) is 5.02 Å². The zero-order valence-electron chi connectivity index (χ0n) is 11.8. The summed E-state index contributed by atoms with van der Waals surface area (Å²) < 4.78 is 0. The zero-order valence-corrected chi connectivity index (χ0v) is 13.4. The van der Waals surface area contributed by atoms with Gasteiger partial charge < -0.3 is 10.6 Å². The van der Waals surface area contributed by atoms with Crippen molar-refractivity contribution in [3.63, 3.8) is 0 Å². The maximum Gasteiger partial charge on any atom is 0.263 e. The van der Waals surface area contributed by atoms with E-state index in [1.165, 1.54) is 11.3 Å². The fourth-order valence-electron chi connectivity index (χ4n) is 2.55. The maximum absolute atomic E-state index is 12.5. The van der Waals surface area contributed by atoms with Gasteiger partial charge in [0.05, 0.1) is 10.8 Å². The van der Waals surface area contributed by atoms with Crippen molar-refractivity contribution >= 4 is 34.8 Å². The Bertz CT molecular complexity index is 711. The Balaban J connectivity index is 1.75. The van der Waals surface area contributed by atoms with Gasteiger partial charge in [0.1, 0.15) is 0 Å². The van der Waals surface area contributed by atoms with Crippen LogP contribution in [-0.2, 0) is 4.79 Å². The monoisotopic (exact) mass is 334 g/mol. The van der Waals surface area contributed by atoms with Gasteiger partial charge >= 0.3 is 0 Å². The summed E-state index contributed by atoms with van der Waals surface area (Å²) in [5, 5.41) is 0.686. The number of rotatable bonds is 3. The fourth-order valence-corrected chi connectivity index (χ4v) is 3.66. The Morgan fingerprint density at radius 3 is 2.55 bits per heavy atom. The molecule has 2 N–H and O–H groups in total. The standard InChI is InChI=1S/C16H15ClN2O2S/c17-12-3-1-10(2-4-12)13-5-6-14(22-13)16(21)19-8-7-11(9-19)15(18)20/h1-6,11H,7-9H2,(H2,18,20)/t11-/m1/s1. The average molecular weight is 335 g/mol. The Morgan fingerprint density at radius 2 is 1.91 bits per heavy atom. The van der Waals surface area contributed by atoms with Gasteiger partial charge in [0.2, 0.25) is 5.91 Å². The molecule has 114 valence electrons. The van der Waals surface area contributed by atoms with Crippen molar-refractivity contribution in [1.82, 2.24) is 4.90 Å². The number of primary amides is 1. The van der Waals surface area contributed by atoms with E-state index in [-0.39, 0.29) is 17.7 Å². The number of hydrogen-bond acceptors (Lipinski definition) is 3. The maximum atomic E-state index is 12.5. The molecule has 2 heterocycles. The minimum Gasteiger partial charge on any atom is -0.369 e. The number of likely N-dealkylation sites (tertiary alicyclic amines) is 1. The van der Waals surface area contributed by atoms with Crippen molar-refractivity contribution in [3.8, 4) is 10.4 Å². The van der Waals surface area contributed by atoms with Gasteiger partial charge in [-0.3, -0.25) is 9.59 Å². The van der Waals surface area contributed by atoms with E-state index < -0.39 is 0 Å². The zero-order chi connectivity index (χ0) is 15.7. The lowest BCUT2D eigenvalue weighted by atomic mass is 10.1. The summed E-state index contributed by atoms with van der Waals surface area (Å²) in [6.45, 7) is 1.00. The number of nitrogens with zero attached hydrogens (tertiary/aromatic N) is 1. The van der Waals surface area contributed by atoms with Crippen molar-refractivity contribution in [3.05, 3.63) is 46.3 Å². The first-order chi connectivity index (χ1) is 10.5. The molecule has 6 heteroatoms. The summed E-state index contributed by atoms with van der Waals surface area (Å²) in [7, 11) is 0. The van der Waals surface area contributed by atoms with Crippen LogP contribution in [-0.4, -0.2) is 29.8 Å². The molecule has 2 aromatic rings. The number of halogens is 1. The average Bonchev–Trinajstić information content (AvgIpc) is 3.17. The lowest BCUT2D eigenvalue weighted by Gasteiger charge is -2.14. The first kappa shape index (κ1) is 15.1. The van der Waals surface area contributed by atoms with Gasteiger partial charge in [0.15, 0.2) is 0 Å². The fraction of sp³-hybridized carbons (Fsp3) is 0.250. The molecule has 4 nitrogen and oxygen atoms in total. The Kier molecular flexibility index (Phi) is 4.18. The van der Waals surface area contributed by atoms with Crippen LogP contribution in [0.4, 0.5) is 0 Å². The summed E-state index contributed by atoms with van der Waals surface area (Å²) >= 11 is 7.33. The Morgan fingerprint density at radius 1 is 1.18 bits per heavy atom. The third kappa shape index (κ3) is 3.00. The van der Waals surface area contributed by atoms with E-state index in [0.717, 1.165) is 10.4 Å². The van der Waals surface area contributed by atoms with Crippen LogP contribution in [0.5, 0.6) is 0 Å². The van der Waals surface area contributed by atoms with Gasteiger partial charge in [-0.05, 0) is 36.2 Å². The smallest absolute Gasteiger partial charge is 0.263 e. The van der Waals surface area contributed by atoms with Crippen molar-refractivity contribution in [2.24, 2.45) is 11.7 Å². The van der Waals surface area contributed by atoms with E-state index in [1.54, 1.807) is 4.90 Å². The van der Waals surface area contributed by atoms with Crippen molar-refractivity contribution in [2.75, 3.05) is 13.1 Å². The van der Waals surface area contributed by atoms with Gasteiger partial charge in [0, 0.05) is 23.0 Å². The first-order valence-electron chi connectivity index (χ1n) is 6.99. The molecule has 1 fully saturated rings. The summed E-state index contributed by atoms with van der Waals surface area (Å²) in [5.74, 6) is -0.586. The van der Waals surface area contributed by atoms with Crippen LogP contribution in [0, 0.1) is 5.92 Å². The molecule has 3 rings (SSSR count). The van der Waals surface area contributed by atoms with Crippen LogP contribution in [0.25, 0.3) is 10.4 Å². The predicted octanol–water partition coefficient (Wildman–Crippen LogP) is 3.02. The van der Waals surface area contributed by atoms with Crippen LogP contribution in [0.3, 0.4) is 0 Å². The molecule has 0 saturated carbocycles. The van der Waals surface area contributed by atoms with Gasteiger partial charge in [0.25, 0.3) is 5.91 Å². The molecule has 1 aromatic heterocycles. The van der Waals surface area contributed by atoms with Crippen molar-refractivity contribution in [2.45, 2.75) is 6.42 Å². The molecule has 0 radical (unpaired) electrons. The topological polar surface area (TPSA) is 63.4 Å². The third-order valence-corrected chi connectivity index (χ3v) is 5.20. The number of amides is 2. The third-order valence-electron chi connectivity index (χ3n) is 3.82. The quantitative estimate of drug-likeness (QED) is 0.937. The minimum absolute atomic E-state index is 0.0334. The second-order valence-electron chi connectivity index (χ2n) is 5.31. The molecule has 1 atom stereocenters. The highest BCUT2D eigenvalue weighted by Gasteiger charge is 2.30. The lowest BCUT2D eigenvalue weighted by Crippen LogP contribution is -2.31. The van der Waals surface area contributed by atoms with Crippen LogP contribution >= 0.6 is 22.9 Å². The minimum atomic E-state index is -0.330. The second kappa shape index (κ2) is 6.10. The van der Waals surface area contributed by atoms with Crippen LogP contribution < -0.4 is 5.73 Å². The normalized spacial score (nSPS) is 17.7. The number of thiophene rings is 1. The van der Waals surface area contributed by atoms with Crippen molar-refractivity contribution < 1.29 is 9.59 Å². The van der Waals surface area contributed by atoms with Gasteiger partial charge in [-0.2, -0.15) is 0 Å². The number of nitrogens with two attached hydrogens (primary N) is 1. The SMILES string of the molecule is NC(=O)[C@@H]1CCN(C(=O)c2ccc(-c3ccc(Cl)cc3)s2)C1. The summed E-state index contributed by atoms with van der Waals surface area (Å²) in [6, 6.07) is 11.3. The second-order valence-corrected chi connectivity index (χ2v) is 6.83. The number of carbonyl (C=O) groups is 2. The van der Waals surface area contributed by atoms with E-state index >= 15 is 0 Å². The number of carbonyl (C=O) groups excluding carboxylic acids is 2. The Labute approximate surface area is 137 Å². The van der Waals surface area contributed by atoms with Crippen molar-refractivity contribution in [1.29, 1.82) is 0 Å². The molecule has 0 bridgehead atoms. The molecule has 2 amide bonds. The summed E-state index contributed by atoms with van der Waals surface area (Å²) in [4.78, 5) is 27.1. The largest absolute Gasteiger partial charge is 0.369 e. The number of benzene rings is 1. The molecule has 22 heavy (non-hydrogen) atoms. The molecule has 0 unspecified atom stereocenters. The Hall–Kier alpha value is -1.85. The molecule has 0 aliphatic carbocycles. The molecule has 1 saturated heterocycles. The highest BCUT2D eigenvalue weighted by atomic mass is 35.5. The first-order valence-corrected chi connectivity index (χ1v) is 8.18. The predicted molar refractivity (Wildman–Crippen MR) is 88.0 cm³/mol. The number of hydrogen-bond donors (Lipinski definition) is 1. The van der Waals surface area contributed by atoms with E-state index in [9.17, 15) is 9.59 Å².